The maximum Gasteiger partial charge on any atom is 0.408 e. The van der Waals surface area contributed by atoms with Crippen molar-refractivity contribution in [3.63, 3.8) is 0 Å². The van der Waals surface area contributed by atoms with Gasteiger partial charge in [0, 0.05) is 32.7 Å². The molecule has 11 heteroatoms. The van der Waals surface area contributed by atoms with Crippen LogP contribution in [0.25, 0.3) is 0 Å². The smallest absolute Gasteiger partial charge is 0.408 e. The standard InChI is InChI=1S/C31H40N6O5/c1-31(2,3)42-30(40)32-25(16-11-17-37-22-26(33-34-37)29(39)41-4)28(38)36-20-18-35(19-21-36)27(23-12-7-5-8-13-23)24-14-9-6-10-15-24/h5-10,12-15,22,25,27H,11,16-21H2,1-4H3,(H,32,40)/t25-/m0/s1. The normalized spacial score (nSPS) is 14.8. The molecule has 1 N–H and O–H groups in total. The topological polar surface area (TPSA) is 119 Å². The van der Waals surface area contributed by atoms with E-state index in [1.807, 2.05) is 41.3 Å². The number of rotatable bonds is 10. The highest BCUT2D eigenvalue weighted by molar-refractivity contribution is 5.86. The Bertz CT molecular complexity index is 1280. The minimum absolute atomic E-state index is 0.0814. The Morgan fingerprint density at radius 2 is 1.52 bits per heavy atom. The molecule has 42 heavy (non-hydrogen) atoms. The number of ether oxygens (including phenoxy) is 2. The summed E-state index contributed by atoms with van der Waals surface area (Å²) in [5, 5.41) is 10.6. The number of aromatic nitrogens is 3. The molecule has 0 unspecified atom stereocenters. The molecular weight excluding hydrogens is 536 g/mol. The maximum absolute atomic E-state index is 13.7. The predicted molar refractivity (Wildman–Crippen MR) is 157 cm³/mol. The number of hydrogen-bond acceptors (Lipinski definition) is 8. The van der Waals surface area contributed by atoms with Crippen molar-refractivity contribution in [2.45, 2.75) is 57.8 Å². The molecule has 0 spiro atoms. The van der Waals surface area contributed by atoms with Gasteiger partial charge in [-0.15, -0.1) is 5.10 Å². The maximum atomic E-state index is 13.7. The van der Waals surface area contributed by atoms with Gasteiger partial charge in [0.25, 0.3) is 0 Å². The molecule has 1 aliphatic heterocycles. The van der Waals surface area contributed by atoms with E-state index in [9.17, 15) is 14.4 Å². The van der Waals surface area contributed by atoms with Crippen molar-refractivity contribution in [2.24, 2.45) is 0 Å². The van der Waals surface area contributed by atoms with Crippen LogP contribution in [-0.2, 0) is 20.8 Å². The number of amides is 2. The summed E-state index contributed by atoms with van der Waals surface area (Å²) in [5.41, 5.74) is 1.82. The Labute approximate surface area is 246 Å². The van der Waals surface area contributed by atoms with E-state index in [-0.39, 0.29) is 17.6 Å². The molecule has 0 aliphatic carbocycles. The lowest BCUT2D eigenvalue weighted by Gasteiger charge is -2.40. The molecule has 2 heterocycles. The van der Waals surface area contributed by atoms with Crippen molar-refractivity contribution in [2.75, 3.05) is 33.3 Å². The number of hydrogen-bond donors (Lipinski definition) is 1. The predicted octanol–water partition coefficient (Wildman–Crippen LogP) is 3.67. The zero-order valence-corrected chi connectivity index (χ0v) is 24.7. The van der Waals surface area contributed by atoms with Crippen molar-refractivity contribution >= 4 is 18.0 Å². The lowest BCUT2D eigenvalue weighted by atomic mass is 9.96. The lowest BCUT2D eigenvalue weighted by molar-refractivity contribution is -0.135. The Morgan fingerprint density at radius 3 is 2.07 bits per heavy atom. The van der Waals surface area contributed by atoms with Crippen LogP contribution in [0.1, 0.15) is 61.3 Å². The summed E-state index contributed by atoms with van der Waals surface area (Å²) >= 11 is 0. The molecule has 1 atom stereocenters. The fraction of sp³-hybridized carbons (Fsp3) is 0.452. The van der Waals surface area contributed by atoms with Crippen LogP contribution in [0, 0.1) is 0 Å². The summed E-state index contributed by atoms with van der Waals surface area (Å²) < 4.78 is 11.6. The van der Waals surface area contributed by atoms with E-state index in [2.05, 4.69) is 49.5 Å². The second-order valence-corrected chi connectivity index (χ2v) is 11.3. The second kappa shape index (κ2) is 14.1. The molecule has 0 saturated carbocycles. The highest BCUT2D eigenvalue weighted by Crippen LogP contribution is 2.29. The lowest BCUT2D eigenvalue weighted by Crippen LogP contribution is -2.55. The molecule has 1 fully saturated rings. The average molecular weight is 577 g/mol. The van der Waals surface area contributed by atoms with Crippen molar-refractivity contribution in [1.82, 2.24) is 30.1 Å². The van der Waals surface area contributed by atoms with E-state index in [1.54, 1.807) is 20.8 Å². The molecule has 224 valence electrons. The first-order valence-corrected chi connectivity index (χ1v) is 14.3. The third-order valence-electron chi connectivity index (χ3n) is 7.02. The third-order valence-corrected chi connectivity index (χ3v) is 7.02. The molecular formula is C31H40N6O5. The summed E-state index contributed by atoms with van der Waals surface area (Å²) in [5.74, 6) is -0.716. The van der Waals surface area contributed by atoms with E-state index in [0.29, 0.717) is 45.6 Å². The molecule has 0 bridgehead atoms. The highest BCUT2D eigenvalue weighted by atomic mass is 16.6. The zero-order valence-electron chi connectivity index (χ0n) is 24.7. The van der Waals surface area contributed by atoms with Crippen molar-refractivity contribution < 1.29 is 23.9 Å². The summed E-state index contributed by atoms with van der Waals surface area (Å²) in [6.45, 7) is 8.20. The number of nitrogens with one attached hydrogen (secondary N) is 1. The Morgan fingerprint density at radius 1 is 0.929 bits per heavy atom. The van der Waals surface area contributed by atoms with Crippen LogP contribution in [0.4, 0.5) is 4.79 Å². The number of carbonyl (C=O) groups is 3. The Hall–Kier alpha value is -4.25. The molecule has 0 radical (unpaired) electrons. The fourth-order valence-electron chi connectivity index (χ4n) is 5.08. The summed E-state index contributed by atoms with van der Waals surface area (Å²) in [7, 11) is 1.28. The van der Waals surface area contributed by atoms with Crippen LogP contribution in [-0.4, -0.2) is 87.7 Å². The monoisotopic (exact) mass is 576 g/mol. The second-order valence-electron chi connectivity index (χ2n) is 11.3. The number of esters is 1. The van der Waals surface area contributed by atoms with Crippen LogP contribution >= 0.6 is 0 Å². The van der Waals surface area contributed by atoms with Gasteiger partial charge in [-0.25, -0.2) is 9.59 Å². The summed E-state index contributed by atoms with van der Waals surface area (Å²) in [6.07, 6.45) is 1.74. The highest BCUT2D eigenvalue weighted by Gasteiger charge is 2.32. The first-order valence-electron chi connectivity index (χ1n) is 14.3. The first kappa shape index (κ1) is 30.7. The minimum Gasteiger partial charge on any atom is -0.464 e. The third kappa shape index (κ3) is 8.39. The molecule has 2 amide bonds. The van der Waals surface area contributed by atoms with Crippen LogP contribution < -0.4 is 5.32 Å². The van der Waals surface area contributed by atoms with Crippen LogP contribution in [0.2, 0.25) is 0 Å². The number of nitrogens with zero attached hydrogens (tertiary/aromatic N) is 5. The van der Waals surface area contributed by atoms with Gasteiger partial charge >= 0.3 is 12.1 Å². The number of methoxy groups -OCH3 is 1. The van der Waals surface area contributed by atoms with Gasteiger partial charge in [-0.1, -0.05) is 65.9 Å². The van der Waals surface area contributed by atoms with Crippen LogP contribution in [0.15, 0.2) is 66.9 Å². The Kier molecular flexibility index (Phi) is 10.3. The summed E-state index contributed by atoms with van der Waals surface area (Å²) in [6, 6.07) is 20.1. The molecule has 1 aromatic heterocycles. The Balaban J connectivity index is 1.42. The molecule has 3 aromatic rings. The number of carbonyl (C=O) groups excluding carboxylic acids is 3. The molecule has 1 saturated heterocycles. The van der Waals surface area contributed by atoms with Crippen LogP contribution in [0.3, 0.4) is 0 Å². The van der Waals surface area contributed by atoms with Gasteiger partial charge < -0.3 is 19.7 Å². The van der Waals surface area contributed by atoms with E-state index < -0.39 is 23.7 Å². The van der Waals surface area contributed by atoms with Gasteiger partial charge in [0.2, 0.25) is 5.91 Å². The van der Waals surface area contributed by atoms with Gasteiger partial charge in [-0.3, -0.25) is 14.4 Å². The van der Waals surface area contributed by atoms with Gasteiger partial charge in [0.05, 0.1) is 19.3 Å². The van der Waals surface area contributed by atoms with Crippen molar-refractivity contribution in [3.05, 3.63) is 83.7 Å². The van der Waals surface area contributed by atoms with Gasteiger partial charge in [0.15, 0.2) is 5.69 Å². The molecule has 11 nitrogen and oxygen atoms in total. The fourth-order valence-corrected chi connectivity index (χ4v) is 5.08. The van der Waals surface area contributed by atoms with E-state index >= 15 is 0 Å². The minimum atomic E-state index is -0.769. The quantitative estimate of drug-likeness (QED) is 0.363. The molecule has 2 aromatic carbocycles. The molecule has 4 rings (SSSR count). The number of aryl methyl sites for hydroxylation is 1. The largest absolute Gasteiger partial charge is 0.464 e. The van der Waals surface area contributed by atoms with Crippen LogP contribution in [0.5, 0.6) is 0 Å². The van der Waals surface area contributed by atoms with Crippen molar-refractivity contribution in [1.29, 1.82) is 0 Å². The van der Waals surface area contributed by atoms with E-state index in [4.69, 9.17) is 4.74 Å². The van der Waals surface area contributed by atoms with Gasteiger partial charge in [-0.05, 0) is 44.7 Å². The van der Waals surface area contributed by atoms with Crippen molar-refractivity contribution in [3.8, 4) is 0 Å². The number of piperazine rings is 1. The number of benzene rings is 2. The van der Waals surface area contributed by atoms with E-state index in [1.165, 1.54) is 29.1 Å². The number of alkyl carbamates (subject to hydrolysis) is 1. The average Bonchev–Trinajstić information content (AvgIpc) is 3.45. The molecule has 1 aliphatic rings. The van der Waals surface area contributed by atoms with Gasteiger partial charge in [0.1, 0.15) is 11.6 Å². The SMILES string of the molecule is COC(=O)c1cn(CCC[C@H](NC(=O)OC(C)(C)C)C(=O)N2CCN(C(c3ccccc3)c3ccccc3)CC2)nn1. The zero-order chi connectivity index (χ0) is 30.1. The van der Waals surface area contributed by atoms with E-state index in [0.717, 1.165) is 0 Å². The van der Waals surface area contributed by atoms with Gasteiger partial charge in [-0.2, -0.15) is 0 Å². The first-order chi connectivity index (χ1) is 20.1. The summed E-state index contributed by atoms with van der Waals surface area (Å²) in [4.78, 5) is 42.3.